The van der Waals surface area contributed by atoms with E-state index in [4.69, 9.17) is 16.3 Å². The molecule has 2 aromatic carbocycles. The van der Waals surface area contributed by atoms with Crippen LogP contribution in [0.3, 0.4) is 0 Å². The highest BCUT2D eigenvalue weighted by Crippen LogP contribution is 2.36. The number of nitrogens with one attached hydrogen (secondary N) is 2. The number of fused-ring (bicyclic) bond motifs is 1. The van der Waals surface area contributed by atoms with Crippen LogP contribution in [0.4, 0.5) is 11.4 Å². The predicted molar refractivity (Wildman–Crippen MR) is 105 cm³/mol. The highest BCUT2D eigenvalue weighted by Gasteiger charge is 2.29. The number of benzene rings is 2. The van der Waals surface area contributed by atoms with E-state index >= 15 is 0 Å². The summed E-state index contributed by atoms with van der Waals surface area (Å²) in [7, 11) is 0. The van der Waals surface area contributed by atoms with Crippen molar-refractivity contribution in [2.75, 3.05) is 17.2 Å². The minimum atomic E-state index is -0.611. The fourth-order valence-electron chi connectivity index (χ4n) is 2.50. The molecule has 8 heteroatoms. The Hall–Kier alpha value is -2.51. The van der Waals surface area contributed by atoms with Crippen LogP contribution in [0.25, 0.3) is 0 Å². The largest absolute Gasteiger partial charge is 0.456 e. The van der Waals surface area contributed by atoms with Crippen molar-refractivity contribution in [2.45, 2.75) is 23.5 Å². The number of halogens is 1. The second-order valence-corrected chi connectivity index (χ2v) is 7.65. The van der Waals surface area contributed by atoms with Crippen molar-refractivity contribution >= 4 is 52.5 Å². The Morgan fingerprint density at radius 1 is 1.26 bits per heavy atom. The third-order valence-corrected chi connectivity index (χ3v) is 5.41. The molecule has 1 heterocycles. The van der Waals surface area contributed by atoms with Crippen LogP contribution < -0.4 is 10.6 Å². The zero-order valence-electron chi connectivity index (χ0n) is 14.5. The van der Waals surface area contributed by atoms with Gasteiger partial charge in [-0.15, -0.1) is 11.8 Å². The van der Waals surface area contributed by atoms with Gasteiger partial charge in [-0.25, -0.2) is 0 Å². The molecule has 0 saturated carbocycles. The Morgan fingerprint density at radius 2 is 2.04 bits per heavy atom. The van der Waals surface area contributed by atoms with E-state index in [1.165, 1.54) is 11.8 Å². The average Bonchev–Trinajstić information content (AvgIpc) is 2.64. The SMILES string of the molecule is Cc1ccc(Cl)cc1NC(=O)COC(=O)C[C@@H]1Sc2ccccc2NC1=O. The number of aryl methyl sites for hydroxylation is 1. The second-order valence-electron chi connectivity index (χ2n) is 5.96. The van der Waals surface area contributed by atoms with Gasteiger partial charge in [-0.05, 0) is 36.8 Å². The van der Waals surface area contributed by atoms with Crippen LogP contribution in [0.2, 0.25) is 5.02 Å². The topological polar surface area (TPSA) is 84.5 Å². The summed E-state index contributed by atoms with van der Waals surface area (Å²) in [5.74, 6) is -1.34. The molecule has 0 unspecified atom stereocenters. The molecule has 0 aliphatic carbocycles. The fraction of sp³-hybridized carbons (Fsp3) is 0.211. The molecule has 140 valence electrons. The molecule has 0 fully saturated rings. The van der Waals surface area contributed by atoms with Gasteiger partial charge in [0.1, 0.15) is 0 Å². The predicted octanol–water partition coefficient (Wildman–Crippen LogP) is 3.63. The van der Waals surface area contributed by atoms with Crippen molar-refractivity contribution in [3.05, 3.63) is 53.1 Å². The number of anilines is 2. The van der Waals surface area contributed by atoms with Crippen molar-refractivity contribution in [3.63, 3.8) is 0 Å². The van der Waals surface area contributed by atoms with Gasteiger partial charge in [0.25, 0.3) is 5.91 Å². The lowest BCUT2D eigenvalue weighted by atomic mass is 10.2. The Labute approximate surface area is 165 Å². The molecule has 2 aromatic rings. The lowest BCUT2D eigenvalue weighted by Gasteiger charge is -2.23. The number of carbonyl (C=O) groups excluding carboxylic acids is 3. The third kappa shape index (κ3) is 5.02. The molecule has 1 aliphatic rings. The highest BCUT2D eigenvalue weighted by atomic mass is 35.5. The first kappa shape index (κ1) is 19.3. The molecule has 0 saturated heterocycles. The summed E-state index contributed by atoms with van der Waals surface area (Å²) in [5.41, 5.74) is 2.13. The van der Waals surface area contributed by atoms with Gasteiger partial charge in [-0.2, -0.15) is 0 Å². The fourth-order valence-corrected chi connectivity index (χ4v) is 3.77. The van der Waals surface area contributed by atoms with E-state index in [-0.39, 0.29) is 12.3 Å². The first-order chi connectivity index (χ1) is 12.9. The number of rotatable bonds is 5. The Balaban J connectivity index is 1.50. The zero-order chi connectivity index (χ0) is 19.4. The van der Waals surface area contributed by atoms with Crippen LogP contribution in [0, 0.1) is 6.92 Å². The Bertz CT molecular complexity index is 903. The normalized spacial score (nSPS) is 15.5. The van der Waals surface area contributed by atoms with E-state index in [0.717, 1.165) is 16.1 Å². The number of ether oxygens (including phenoxy) is 1. The van der Waals surface area contributed by atoms with E-state index in [9.17, 15) is 14.4 Å². The summed E-state index contributed by atoms with van der Waals surface area (Å²) in [6.45, 7) is 1.40. The van der Waals surface area contributed by atoms with Gasteiger partial charge >= 0.3 is 5.97 Å². The van der Waals surface area contributed by atoms with E-state index in [1.807, 2.05) is 25.1 Å². The second kappa shape index (κ2) is 8.45. The van der Waals surface area contributed by atoms with Crippen molar-refractivity contribution in [1.29, 1.82) is 0 Å². The van der Waals surface area contributed by atoms with Crippen molar-refractivity contribution in [2.24, 2.45) is 0 Å². The van der Waals surface area contributed by atoms with Crippen LogP contribution in [0.1, 0.15) is 12.0 Å². The molecule has 27 heavy (non-hydrogen) atoms. The third-order valence-electron chi connectivity index (χ3n) is 3.90. The van der Waals surface area contributed by atoms with Crippen molar-refractivity contribution in [3.8, 4) is 0 Å². The molecule has 2 amide bonds. The number of amides is 2. The number of para-hydroxylation sites is 1. The lowest BCUT2D eigenvalue weighted by molar-refractivity contribution is -0.147. The van der Waals surface area contributed by atoms with E-state index in [1.54, 1.807) is 24.3 Å². The van der Waals surface area contributed by atoms with Crippen LogP contribution in [-0.2, 0) is 19.1 Å². The molecule has 0 bridgehead atoms. The first-order valence-electron chi connectivity index (χ1n) is 8.20. The molecule has 2 N–H and O–H groups in total. The number of thioether (sulfide) groups is 1. The maximum Gasteiger partial charge on any atom is 0.307 e. The van der Waals surface area contributed by atoms with Gasteiger partial charge in [0, 0.05) is 15.6 Å². The standard InChI is InChI=1S/C19H17ClN2O4S/c1-11-6-7-12(20)8-14(11)21-17(23)10-26-18(24)9-16-19(25)22-13-4-2-3-5-15(13)27-16/h2-8,16H,9-10H2,1H3,(H,21,23)(H,22,25)/t16-/m0/s1. The van der Waals surface area contributed by atoms with Crippen molar-refractivity contribution < 1.29 is 19.1 Å². The molecule has 6 nitrogen and oxygen atoms in total. The maximum atomic E-state index is 12.1. The van der Waals surface area contributed by atoms with Gasteiger partial charge in [-0.1, -0.05) is 29.8 Å². The smallest absolute Gasteiger partial charge is 0.307 e. The molecule has 1 atom stereocenters. The number of carbonyl (C=O) groups is 3. The monoisotopic (exact) mass is 404 g/mol. The van der Waals surface area contributed by atoms with Gasteiger partial charge in [0.15, 0.2) is 6.61 Å². The van der Waals surface area contributed by atoms with Crippen molar-refractivity contribution in [1.82, 2.24) is 0 Å². The number of hydrogen-bond acceptors (Lipinski definition) is 5. The minimum Gasteiger partial charge on any atom is -0.456 e. The molecule has 0 aromatic heterocycles. The molecule has 0 radical (unpaired) electrons. The van der Waals surface area contributed by atoms with E-state index in [2.05, 4.69) is 10.6 Å². The summed E-state index contributed by atoms with van der Waals surface area (Å²) in [4.78, 5) is 37.0. The van der Waals surface area contributed by atoms with Gasteiger partial charge < -0.3 is 15.4 Å². The summed E-state index contributed by atoms with van der Waals surface area (Å²) in [5, 5.41) is 5.31. The average molecular weight is 405 g/mol. The van der Waals surface area contributed by atoms with Crippen LogP contribution in [0.15, 0.2) is 47.4 Å². The summed E-state index contributed by atoms with van der Waals surface area (Å²) in [6, 6.07) is 12.5. The molecule has 1 aliphatic heterocycles. The van der Waals surface area contributed by atoms with E-state index in [0.29, 0.717) is 10.7 Å². The minimum absolute atomic E-state index is 0.117. The molecular weight excluding hydrogens is 388 g/mol. The summed E-state index contributed by atoms with van der Waals surface area (Å²) < 4.78 is 5.01. The first-order valence-corrected chi connectivity index (χ1v) is 9.46. The highest BCUT2D eigenvalue weighted by molar-refractivity contribution is 8.01. The lowest BCUT2D eigenvalue weighted by Crippen LogP contribution is -2.32. The van der Waals surface area contributed by atoms with E-state index < -0.39 is 23.7 Å². The summed E-state index contributed by atoms with van der Waals surface area (Å²) >= 11 is 7.21. The number of esters is 1. The van der Waals surface area contributed by atoms with Crippen LogP contribution in [-0.4, -0.2) is 29.6 Å². The van der Waals surface area contributed by atoms with Crippen LogP contribution in [0.5, 0.6) is 0 Å². The Kier molecular flexibility index (Phi) is 6.03. The molecular formula is C19H17ClN2O4S. The van der Waals surface area contributed by atoms with Gasteiger partial charge in [0.05, 0.1) is 17.4 Å². The zero-order valence-corrected chi connectivity index (χ0v) is 16.0. The quantitative estimate of drug-likeness (QED) is 0.743. The van der Waals surface area contributed by atoms with Gasteiger partial charge in [-0.3, -0.25) is 14.4 Å². The molecule has 3 rings (SSSR count). The van der Waals surface area contributed by atoms with Gasteiger partial charge in [0.2, 0.25) is 5.91 Å². The Morgan fingerprint density at radius 3 is 2.85 bits per heavy atom. The summed E-state index contributed by atoms with van der Waals surface area (Å²) in [6.07, 6.45) is -0.117. The van der Waals surface area contributed by atoms with Crippen LogP contribution >= 0.6 is 23.4 Å². The molecule has 0 spiro atoms. The maximum absolute atomic E-state index is 12.1. The number of hydrogen-bond donors (Lipinski definition) is 2.